The van der Waals surface area contributed by atoms with Gasteiger partial charge in [0.25, 0.3) is 0 Å². The van der Waals surface area contributed by atoms with E-state index >= 15 is 0 Å². The third-order valence-electron chi connectivity index (χ3n) is 2.84. The van der Waals surface area contributed by atoms with Crippen LogP contribution in [0.3, 0.4) is 0 Å². The number of aliphatic hydroxyl groups is 1. The fraction of sp³-hybridized carbons (Fsp3) is 0.571. The highest BCUT2D eigenvalue weighted by atomic mass is 32.2. The summed E-state index contributed by atoms with van der Waals surface area (Å²) in [6.45, 7) is 4.95. The molecule has 1 aromatic rings. The Morgan fingerprint density at radius 1 is 1.42 bits per heavy atom. The van der Waals surface area contributed by atoms with Gasteiger partial charge in [0.15, 0.2) is 0 Å². The minimum absolute atomic E-state index is 0.150. The van der Waals surface area contributed by atoms with Gasteiger partial charge in [0, 0.05) is 34.8 Å². The molecular formula is C14H24N2O2S. The summed E-state index contributed by atoms with van der Waals surface area (Å²) in [6.07, 6.45) is 2.96. The number of benzene rings is 1. The van der Waals surface area contributed by atoms with E-state index in [4.69, 9.17) is 10.5 Å². The van der Waals surface area contributed by atoms with Crippen molar-refractivity contribution in [1.29, 1.82) is 0 Å². The van der Waals surface area contributed by atoms with Crippen LogP contribution in [0.2, 0.25) is 0 Å². The van der Waals surface area contributed by atoms with Crippen molar-refractivity contribution < 1.29 is 9.84 Å². The molecule has 108 valence electrons. The van der Waals surface area contributed by atoms with Crippen molar-refractivity contribution >= 4 is 23.1 Å². The van der Waals surface area contributed by atoms with Crippen molar-refractivity contribution in [3.05, 3.63) is 18.2 Å². The molecule has 0 saturated heterocycles. The first-order chi connectivity index (χ1) is 9.10. The predicted molar refractivity (Wildman–Crippen MR) is 84.1 cm³/mol. The van der Waals surface area contributed by atoms with Crippen LogP contribution in [0, 0.1) is 0 Å². The molecule has 0 radical (unpaired) electrons. The molecule has 4 N–H and O–H groups in total. The Kier molecular flexibility index (Phi) is 6.87. The van der Waals surface area contributed by atoms with Crippen LogP contribution in [-0.2, 0) is 0 Å². The number of rotatable bonds is 8. The lowest BCUT2D eigenvalue weighted by molar-refractivity contribution is 0.288. The second kappa shape index (κ2) is 8.17. The number of ether oxygens (including phenoxy) is 1. The Labute approximate surface area is 119 Å². The van der Waals surface area contributed by atoms with Crippen LogP contribution in [0.4, 0.5) is 11.4 Å². The lowest BCUT2D eigenvalue weighted by atomic mass is 10.2. The quantitative estimate of drug-likeness (QED) is 0.640. The highest BCUT2D eigenvalue weighted by Gasteiger charge is 2.15. The molecule has 2 atom stereocenters. The predicted octanol–water partition coefficient (Wildman–Crippen LogP) is 2.58. The summed E-state index contributed by atoms with van der Waals surface area (Å²) in [6, 6.07) is 5.80. The number of anilines is 2. The third-order valence-corrected chi connectivity index (χ3v) is 4.00. The zero-order chi connectivity index (χ0) is 14.3. The zero-order valence-electron chi connectivity index (χ0n) is 11.8. The van der Waals surface area contributed by atoms with E-state index in [0.717, 1.165) is 17.9 Å². The summed E-state index contributed by atoms with van der Waals surface area (Å²) in [5, 5.41) is 12.8. The lowest BCUT2D eigenvalue weighted by Crippen LogP contribution is -2.30. The Morgan fingerprint density at radius 3 is 2.74 bits per heavy atom. The molecule has 1 rings (SSSR count). The maximum Gasteiger partial charge on any atom is 0.123 e. The van der Waals surface area contributed by atoms with E-state index in [1.807, 2.05) is 31.4 Å². The number of nitrogens with two attached hydrogens (primary N) is 1. The van der Waals surface area contributed by atoms with Crippen LogP contribution >= 0.6 is 11.8 Å². The first-order valence-electron chi connectivity index (χ1n) is 6.54. The van der Waals surface area contributed by atoms with Crippen LogP contribution in [-0.4, -0.2) is 35.9 Å². The van der Waals surface area contributed by atoms with Gasteiger partial charge < -0.3 is 20.9 Å². The van der Waals surface area contributed by atoms with Gasteiger partial charge in [-0.15, -0.1) is 0 Å². The monoisotopic (exact) mass is 284 g/mol. The fourth-order valence-electron chi connectivity index (χ4n) is 1.80. The van der Waals surface area contributed by atoms with E-state index < -0.39 is 0 Å². The molecule has 0 amide bonds. The summed E-state index contributed by atoms with van der Waals surface area (Å²) in [5.74, 6) is 0.779. The zero-order valence-corrected chi connectivity index (χ0v) is 12.7. The van der Waals surface area contributed by atoms with E-state index in [-0.39, 0.29) is 17.9 Å². The van der Waals surface area contributed by atoms with Gasteiger partial charge in [-0.3, -0.25) is 0 Å². The molecular weight excluding hydrogens is 260 g/mol. The standard InChI is InChI=1S/C14H24N2O2S/c1-4-5-18-13-7-11(15)6-12(8-13)16-10(2)14(9-17)19-3/h6-8,10,14,16-17H,4-5,9,15H2,1-3H3. The number of hydrogen-bond donors (Lipinski definition) is 3. The van der Waals surface area contributed by atoms with Crippen molar-refractivity contribution in [3.63, 3.8) is 0 Å². The van der Waals surface area contributed by atoms with Gasteiger partial charge in [-0.25, -0.2) is 0 Å². The van der Waals surface area contributed by atoms with Crippen LogP contribution in [0.5, 0.6) is 5.75 Å². The minimum atomic E-state index is 0.150. The molecule has 0 heterocycles. The molecule has 0 saturated carbocycles. The van der Waals surface area contributed by atoms with Crippen LogP contribution < -0.4 is 15.8 Å². The Balaban J connectivity index is 2.74. The van der Waals surface area contributed by atoms with E-state index in [1.54, 1.807) is 11.8 Å². The smallest absolute Gasteiger partial charge is 0.123 e. The Hall–Kier alpha value is -1.07. The topological polar surface area (TPSA) is 67.5 Å². The second-order valence-electron chi connectivity index (χ2n) is 4.53. The molecule has 0 fully saturated rings. The number of aliphatic hydroxyl groups excluding tert-OH is 1. The highest BCUT2D eigenvalue weighted by molar-refractivity contribution is 7.99. The van der Waals surface area contributed by atoms with Crippen molar-refractivity contribution in [3.8, 4) is 5.75 Å². The molecule has 0 spiro atoms. The van der Waals surface area contributed by atoms with Crippen molar-refractivity contribution in [2.45, 2.75) is 31.6 Å². The van der Waals surface area contributed by atoms with Gasteiger partial charge in [0.1, 0.15) is 5.75 Å². The number of nitrogens with one attached hydrogen (secondary N) is 1. The Morgan fingerprint density at radius 2 is 2.16 bits per heavy atom. The van der Waals surface area contributed by atoms with Gasteiger partial charge in [0.2, 0.25) is 0 Å². The normalized spacial score (nSPS) is 13.9. The van der Waals surface area contributed by atoms with E-state index in [1.165, 1.54) is 0 Å². The molecule has 0 aliphatic rings. The van der Waals surface area contributed by atoms with Gasteiger partial charge in [-0.05, 0) is 25.7 Å². The van der Waals surface area contributed by atoms with Gasteiger partial charge >= 0.3 is 0 Å². The molecule has 0 aliphatic heterocycles. The van der Waals surface area contributed by atoms with E-state index in [9.17, 15) is 5.11 Å². The van der Waals surface area contributed by atoms with E-state index in [2.05, 4.69) is 12.2 Å². The number of hydrogen-bond acceptors (Lipinski definition) is 5. The third kappa shape index (κ3) is 5.20. The Bertz CT molecular complexity index is 384. The molecule has 0 aliphatic carbocycles. The van der Waals surface area contributed by atoms with E-state index in [0.29, 0.717) is 12.3 Å². The summed E-state index contributed by atoms with van der Waals surface area (Å²) in [4.78, 5) is 0. The molecule has 2 unspecified atom stereocenters. The lowest BCUT2D eigenvalue weighted by Gasteiger charge is -2.23. The maximum atomic E-state index is 9.29. The average Bonchev–Trinajstić information content (AvgIpc) is 2.37. The molecule has 4 nitrogen and oxygen atoms in total. The van der Waals surface area contributed by atoms with Gasteiger partial charge in [-0.2, -0.15) is 11.8 Å². The molecule has 0 bridgehead atoms. The van der Waals surface area contributed by atoms with Crippen LogP contribution in [0.1, 0.15) is 20.3 Å². The highest BCUT2D eigenvalue weighted by Crippen LogP contribution is 2.24. The summed E-state index contributed by atoms with van der Waals surface area (Å²) >= 11 is 1.64. The van der Waals surface area contributed by atoms with Crippen LogP contribution in [0.25, 0.3) is 0 Å². The van der Waals surface area contributed by atoms with Gasteiger partial charge in [-0.1, -0.05) is 6.92 Å². The summed E-state index contributed by atoms with van der Waals surface area (Å²) < 4.78 is 5.60. The van der Waals surface area contributed by atoms with Crippen molar-refractivity contribution in [1.82, 2.24) is 0 Å². The summed E-state index contributed by atoms with van der Waals surface area (Å²) in [5.41, 5.74) is 7.47. The second-order valence-corrected chi connectivity index (χ2v) is 5.61. The van der Waals surface area contributed by atoms with Crippen molar-refractivity contribution in [2.24, 2.45) is 0 Å². The van der Waals surface area contributed by atoms with Gasteiger partial charge in [0.05, 0.1) is 13.2 Å². The first kappa shape index (κ1) is 16.0. The molecule has 5 heteroatoms. The first-order valence-corrected chi connectivity index (χ1v) is 7.83. The number of nitrogen functional groups attached to an aromatic ring is 1. The largest absolute Gasteiger partial charge is 0.493 e. The maximum absolute atomic E-state index is 9.29. The summed E-state index contributed by atoms with van der Waals surface area (Å²) in [7, 11) is 0. The van der Waals surface area contributed by atoms with Crippen LogP contribution in [0.15, 0.2) is 18.2 Å². The van der Waals surface area contributed by atoms with Crippen molar-refractivity contribution in [2.75, 3.05) is 30.5 Å². The number of thioether (sulfide) groups is 1. The fourth-order valence-corrected chi connectivity index (χ4v) is 2.43. The molecule has 19 heavy (non-hydrogen) atoms. The molecule has 1 aromatic carbocycles. The molecule has 0 aromatic heterocycles. The SMILES string of the molecule is CCCOc1cc(N)cc(NC(C)C(CO)SC)c1. The minimum Gasteiger partial charge on any atom is -0.493 e. The average molecular weight is 284 g/mol.